The van der Waals surface area contributed by atoms with Gasteiger partial charge in [-0.25, -0.2) is 0 Å². The van der Waals surface area contributed by atoms with Gasteiger partial charge in [-0.2, -0.15) is 0 Å². The number of hydrogen-bond acceptors (Lipinski definition) is 3. The molecule has 16 heavy (non-hydrogen) atoms. The number of halogens is 1. The van der Waals surface area contributed by atoms with Crippen molar-refractivity contribution in [1.29, 1.82) is 0 Å². The number of ether oxygens (including phenoxy) is 1. The fourth-order valence-corrected chi connectivity index (χ4v) is 1.28. The van der Waals surface area contributed by atoms with Gasteiger partial charge >= 0.3 is 5.69 Å². The SMILES string of the molecule is Cc1ccc([N+](=O)[O-])c(OCC=CCCl)c1. The lowest BCUT2D eigenvalue weighted by molar-refractivity contribution is -0.385. The molecule has 0 bridgehead atoms. The highest BCUT2D eigenvalue weighted by Crippen LogP contribution is 2.27. The van der Waals surface area contributed by atoms with Crippen LogP contribution in [0.3, 0.4) is 0 Å². The summed E-state index contributed by atoms with van der Waals surface area (Å²) in [6.45, 7) is 2.13. The topological polar surface area (TPSA) is 52.4 Å². The van der Waals surface area contributed by atoms with E-state index >= 15 is 0 Å². The van der Waals surface area contributed by atoms with E-state index in [0.29, 0.717) is 5.88 Å². The number of hydrogen-bond donors (Lipinski definition) is 0. The molecule has 0 atom stereocenters. The maximum absolute atomic E-state index is 10.7. The van der Waals surface area contributed by atoms with Gasteiger partial charge in [-0.3, -0.25) is 10.1 Å². The highest BCUT2D eigenvalue weighted by molar-refractivity contribution is 6.18. The van der Waals surface area contributed by atoms with E-state index in [1.54, 1.807) is 24.3 Å². The standard InChI is InChI=1S/C11H12ClNO3/c1-9-4-5-10(13(14)15)11(8-9)16-7-3-2-6-12/h2-5,8H,6-7H2,1H3. The van der Waals surface area contributed by atoms with Gasteiger partial charge in [0.05, 0.1) is 4.92 Å². The zero-order chi connectivity index (χ0) is 12.0. The highest BCUT2D eigenvalue weighted by atomic mass is 35.5. The Hall–Kier alpha value is -1.55. The van der Waals surface area contributed by atoms with Crippen LogP contribution in [-0.4, -0.2) is 17.4 Å². The molecule has 0 fully saturated rings. The monoisotopic (exact) mass is 241 g/mol. The molecule has 0 aliphatic rings. The first-order valence-electron chi connectivity index (χ1n) is 4.74. The second-order valence-corrected chi connectivity index (χ2v) is 3.47. The van der Waals surface area contributed by atoms with Crippen molar-refractivity contribution < 1.29 is 9.66 Å². The quantitative estimate of drug-likeness (QED) is 0.345. The van der Waals surface area contributed by atoms with Crippen molar-refractivity contribution in [1.82, 2.24) is 0 Å². The van der Waals surface area contributed by atoms with Gasteiger partial charge < -0.3 is 4.74 Å². The Morgan fingerprint density at radius 2 is 2.25 bits per heavy atom. The van der Waals surface area contributed by atoms with Crippen LogP contribution in [0.2, 0.25) is 0 Å². The summed E-state index contributed by atoms with van der Waals surface area (Å²) in [6.07, 6.45) is 3.45. The second kappa shape index (κ2) is 6.12. The molecule has 0 aliphatic heterocycles. The first-order valence-corrected chi connectivity index (χ1v) is 5.27. The Morgan fingerprint density at radius 3 is 2.88 bits per heavy atom. The Bertz CT molecular complexity index is 404. The Morgan fingerprint density at radius 1 is 1.50 bits per heavy atom. The van der Waals surface area contributed by atoms with Crippen LogP contribution in [0, 0.1) is 17.0 Å². The average molecular weight is 242 g/mol. The van der Waals surface area contributed by atoms with Crippen LogP contribution in [0.4, 0.5) is 5.69 Å². The molecule has 1 aromatic rings. The minimum atomic E-state index is -0.458. The third-order valence-corrected chi connectivity index (χ3v) is 2.08. The van der Waals surface area contributed by atoms with Gasteiger partial charge in [0, 0.05) is 11.9 Å². The van der Waals surface area contributed by atoms with Gasteiger partial charge in [-0.05, 0) is 18.6 Å². The molecule has 86 valence electrons. The third kappa shape index (κ3) is 3.55. The minimum absolute atomic E-state index is 0.0233. The van der Waals surface area contributed by atoms with Crippen molar-refractivity contribution in [3.05, 3.63) is 46.0 Å². The van der Waals surface area contributed by atoms with E-state index in [4.69, 9.17) is 16.3 Å². The molecule has 5 heteroatoms. The summed E-state index contributed by atoms with van der Waals surface area (Å²) in [6, 6.07) is 4.77. The summed E-state index contributed by atoms with van der Waals surface area (Å²) in [7, 11) is 0. The van der Waals surface area contributed by atoms with Crippen molar-refractivity contribution in [2.24, 2.45) is 0 Å². The lowest BCUT2D eigenvalue weighted by Crippen LogP contribution is -1.98. The summed E-state index contributed by atoms with van der Waals surface area (Å²) in [5.41, 5.74) is 0.895. The second-order valence-electron chi connectivity index (χ2n) is 3.17. The molecule has 0 aromatic heterocycles. The molecule has 0 amide bonds. The first-order chi connectivity index (χ1) is 7.65. The predicted molar refractivity (Wildman–Crippen MR) is 63.2 cm³/mol. The van der Waals surface area contributed by atoms with Crippen LogP contribution < -0.4 is 4.74 Å². The molecule has 1 rings (SSSR count). The number of alkyl halides is 1. The van der Waals surface area contributed by atoms with Crippen LogP contribution >= 0.6 is 11.6 Å². The van der Waals surface area contributed by atoms with Crippen LogP contribution in [0.15, 0.2) is 30.4 Å². The molecule has 0 N–H and O–H groups in total. The molecule has 4 nitrogen and oxygen atoms in total. The van der Waals surface area contributed by atoms with E-state index in [1.165, 1.54) is 6.07 Å². The Kier molecular flexibility index (Phi) is 4.79. The lowest BCUT2D eigenvalue weighted by atomic mass is 10.2. The number of nitro groups is 1. The van der Waals surface area contributed by atoms with Crippen LogP contribution in [0.25, 0.3) is 0 Å². The normalized spacial score (nSPS) is 10.6. The fraction of sp³-hybridized carbons (Fsp3) is 0.273. The van der Waals surface area contributed by atoms with Crippen molar-refractivity contribution in [2.45, 2.75) is 6.92 Å². The van der Waals surface area contributed by atoms with Crippen molar-refractivity contribution in [2.75, 3.05) is 12.5 Å². The zero-order valence-electron chi connectivity index (χ0n) is 8.85. The van der Waals surface area contributed by atoms with Crippen LogP contribution in [0.5, 0.6) is 5.75 Å². The maximum atomic E-state index is 10.7. The van der Waals surface area contributed by atoms with Crippen molar-refractivity contribution in [3.8, 4) is 5.75 Å². The van der Waals surface area contributed by atoms with E-state index in [9.17, 15) is 10.1 Å². The number of benzene rings is 1. The molecule has 0 spiro atoms. The molecule has 0 unspecified atom stereocenters. The third-order valence-electron chi connectivity index (χ3n) is 1.90. The van der Waals surface area contributed by atoms with Crippen molar-refractivity contribution in [3.63, 3.8) is 0 Å². The number of nitro benzene ring substituents is 1. The molecule has 1 aromatic carbocycles. The molecular formula is C11H12ClNO3. The van der Waals surface area contributed by atoms with Crippen LogP contribution in [0.1, 0.15) is 5.56 Å². The number of aryl methyl sites for hydroxylation is 1. The first kappa shape index (κ1) is 12.5. The molecule has 0 saturated heterocycles. The molecule has 0 aliphatic carbocycles. The summed E-state index contributed by atoms with van der Waals surface area (Å²) in [5.74, 6) is 0.684. The van der Waals surface area contributed by atoms with Gasteiger partial charge in [0.15, 0.2) is 5.75 Å². The number of rotatable bonds is 5. The predicted octanol–water partition coefficient (Wildman–Crippen LogP) is 3.08. The van der Waals surface area contributed by atoms with Gasteiger partial charge in [-0.1, -0.05) is 18.2 Å². The van der Waals surface area contributed by atoms with Gasteiger partial charge in [0.1, 0.15) is 6.61 Å². The van der Waals surface area contributed by atoms with Crippen LogP contribution in [-0.2, 0) is 0 Å². The van der Waals surface area contributed by atoms with Gasteiger partial charge in [0.25, 0.3) is 0 Å². The average Bonchev–Trinajstić information content (AvgIpc) is 2.24. The van der Waals surface area contributed by atoms with E-state index in [2.05, 4.69) is 0 Å². The van der Waals surface area contributed by atoms with E-state index in [0.717, 1.165) is 5.56 Å². The van der Waals surface area contributed by atoms with E-state index in [-0.39, 0.29) is 18.0 Å². The van der Waals surface area contributed by atoms with E-state index in [1.807, 2.05) is 6.92 Å². The van der Waals surface area contributed by atoms with Gasteiger partial charge in [-0.15, -0.1) is 11.6 Å². The Balaban J connectivity index is 2.80. The fourth-order valence-electron chi connectivity index (χ4n) is 1.16. The lowest BCUT2D eigenvalue weighted by Gasteiger charge is -2.04. The Labute approximate surface area is 98.6 Å². The maximum Gasteiger partial charge on any atom is 0.310 e. The molecular weight excluding hydrogens is 230 g/mol. The van der Waals surface area contributed by atoms with Crippen molar-refractivity contribution >= 4 is 17.3 Å². The summed E-state index contributed by atoms with van der Waals surface area (Å²) >= 11 is 5.44. The number of nitrogens with zero attached hydrogens (tertiary/aromatic N) is 1. The van der Waals surface area contributed by atoms with E-state index < -0.39 is 4.92 Å². The molecule has 0 heterocycles. The molecule has 0 saturated carbocycles. The van der Waals surface area contributed by atoms with Gasteiger partial charge in [0.2, 0.25) is 0 Å². The number of allylic oxidation sites excluding steroid dienone is 1. The smallest absolute Gasteiger partial charge is 0.310 e. The summed E-state index contributed by atoms with van der Waals surface area (Å²) in [4.78, 5) is 10.3. The minimum Gasteiger partial charge on any atom is -0.483 e. The highest BCUT2D eigenvalue weighted by Gasteiger charge is 2.13. The summed E-state index contributed by atoms with van der Waals surface area (Å²) in [5, 5.41) is 10.7. The summed E-state index contributed by atoms with van der Waals surface area (Å²) < 4.78 is 5.29. The zero-order valence-corrected chi connectivity index (χ0v) is 9.61. The molecule has 0 radical (unpaired) electrons. The largest absolute Gasteiger partial charge is 0.483 e.